The number of hydrogen-bond donors (Lipinski definition) is 2. The standard InChI is InChI=1S/C13H19FN2O/c1-3-4-7-11(15)13(17)16-12-8-5-6-10(14)9(12)2/h5-6,8,11H,3-4,7,15H2,1-2H3,(H,16,17)/t11-/m0/s1. The van der Waals surface area contributed by atoms with E-state index in [2.05, 4.69) is 5.32 Å². The average molecular weight is 238 g/mol. The van der Waals surface area contributed by atoms with Crippen LogP contribution in [0.15, 0.2) is 18.2 Å². The summed E-state index contributed by atoms with van der Waals surface area (Å²) in [6.45, 7) is 3.67. The lowest BCUT2D eigenvalue weighted by molar-refractivity contribution is -0.117. The maximum Gasteiger partial charge on any atom is 0.241 e. The number of rotatable bonds is 5. The Hall–Kier alpha value is -1.42. The number of nitrogens with one attached hydrogen (secondary N) is 1. The molecule has 4 heteroatoms. The van der Waals surface area contributed by atoms with Crippen molar-refractivity contribution in [3.05, 3.63) is 29.6 Å². The molecule has 3 N–H and O–H groups in total. The minimum Gasteiger partial charge on any atom is -0.324 e. The minimum atomic E-state index is -0.530. The normalized spacial score (nSPS) is 12.2. The van der Waals surface area contributed by atoms with Gasteiger partial charge in [0.05, 0.1) is 6.04 Å². The molecule has 0 bridgehead atoms. The third-order valence-corrected chi connectivity index (χ3v) is 2.73. The number of amides is 1. The third kappa shape index (κ3) is 3.82. The van der Waals surface area contributed by atoms with E-state index in [0.717, 1.165) is 12.8 Å². The first-order chi connectivity index (χ1) is 8.06. The van der Waals surface area contributed by atoms with Crippen molar-refractivity contribution < 1.29 is 9.18 Å². The van der Waals surface area contributed by atoms with Gasteiger partial charge in [-0.25, -0.2) is 4.39 Å². The third-order valence-electron chi connectivity index (χ3n) is 2.73. The molecule has 1 amide bonds. The number of hydrogen-bond acceptors (Lipinski definition) is 2. The van der Waals surface area contributed by atoms with Gasteiger partial charge >= 0.3 is 0 Å². The molecule has 0 saturated carbocycles. The highest BCUT2D eigenvalue weighted by Gasteiger charge is 2.14. The number of unbranched alkanes of at least 4 members (excludes halogenated alkanes) is 1. The Morgan fingerprint density at radius 2 is 2.24 bits per heavy atom. The summed E-state index contributed by atoms with van der Waals surface area (Å²) in [5, 5.41) is 2.66. The van der Waals surface area contributed by atoms with Crippen LogP contribution in [0.3, 0.4) is 0 Å². The fraction of sp³-hybridized carbons (Fsp3) is 0.462. The Labute approximate surface area is 101 Å². The van der Waals surface area contributed by atoms with Gasteiger partial charge in [0.25, 0.3) is 0 Å². The van der Waals surface area contributed by atoms with Gasteiger partial charge < -0.3 is 11.1 Å². The highest BCUT2D eigenvalue weighted by atomic mass is 19.1. The van der Waals surface area contributed by atoms with E-state index in [4.69, 9.17) is 5.73 Å². The Morgan fingerprint density at radius 3 is 2.88 bits per heavy atom. The molecule has 0 radical (unpaired) electrons. The molecule has 0 saturated heterocycles. The number of carbonyl (C=O) groups excluding carboxylic acids is 1. The summed E-state index contributed by atoms with van der Waals surface area (Å²) in [4.78, 5) is 11.7. The number of anilines is 1. The first-order valence-corrected chi connectivity index (χ1v) is 5.87. The molecule has 1 aromatic carbocycles. The number of nitrogens with two attached hydrogens (primary N) is 1. The molecule has 3 nitrogen and oxygen atoms in total. The Bertz CT molecular complexity index is 393. The van der Waals surface area contributed by atoms with E-state index in [9.17, 15) is 9.18 Å². The van der Waals surface area contributed by atoms with Crippen molar-refractivity contribution in [2.45, 2.75) is 39.2 Å². The molecule has 1 atom stereocenters. The van der Waals surface area contributed by atoms with Gasteiger partial charge in [0.2, 0.25) is 5.91 Å². The van der Waals surface area contributed by atoms with Crippen LogP contribution in [-0.4, -0.2) is 11.9 Å². The first kappa shape index (κ1) is 13.6. The lowest BCUT2D eigenvalue weighted by atomic mass is 10.1. The van der Waals surface area contributed by atoms with E-state index in [1.165, 1.54) is 6.07 Å². The van der Waals surface area contributed by atoms with Crippen LogP contribution in [0.4, 0.5) is 10.1 Å². The summed E-state index contributed by atoms with van der Waals surface area (Å²) in [6, 6.07) is 4.07. The Morgan fingerprint density at radius 1 is 1.53 bits per heavy atom. The summed E-state index contributed by atoms with van der Waals surface area (Å²) in [5.74, 6) is -0.586. The molecule has 0 aliphatic carbocycles. The van der Waals surface area contributed by atoms with Crippen LogP contribution in [0.25, 0.3) is 0 Å². The van der Waals surface area contributed by atoms with Crippen LogP contribution in [-0.2, 0) is 4.79 Å². The molecule has 0 spiro atoms. The molecular formula is C13H19FN2O. The molecule has 0 aliphatic rings. The van der Waals surface area contributed by atoms with E-state index in [1.807, 2.05) is 6.92 Å². The van der Waals surface area contributed by atoms with Crippen LogP contribution in [0.5, 0.6) is 0 Å². The highest BCUT2D eigenvalue weighted by molar-refractivity contribution is 5.95. The van der Waals surface area contributed by atoms with E-state index in [1.54, 1.807) is 19.1 Å². The van der Waals surface area contributed by atoms with Crippen molar-refractivity contribution in [2.75, 3.05) is 5.32 Å². The van der Waals surface area contributed by atoms with Crippen LogP contribution in [0.1, 0.15) is 31.7 Å². The van der Waals surface area contributed by atoms with Gasteiger partial charge in [-0.05, 0) is 25.5 Å². The SMILES string of the molecule is CCCC[C@H](N)C(=O)Nc1cccc(F)c1C. The highest BCUT2D eigenvalue weighted by Crippen LogP contribution is 2.17. The maximum atomic E-state index is 13.3. The second-order valence-corrected chi connectivity index (χ2v) is 4.15. The summed E-state index contributed by atoms with van der Waals surface area (Å²) in [6.07, 6.45) is 2.56. The van der Waals surface area contributed by atoms with E-state index >= 15 is 0 Å². The summed E-state index contributed by atoms with van der Waals surface area (Å²) >= 11 is 0. The predicted molar refractivity (Wildman–Crippen MR) is 67.3 cm³/mol. The van der Waals surface area contributed by atoms with Crippen LogP contribution >= 0.6 is 0 Å². The molecule has 94 valence electrons. The van der Waals surface area contributed by atoms with E-state index < -0.39 is 6.04 Å². The lowest BCUT2D eigenvalue weighted by Gasteiger charge is -2.13. The first-order valence-electron chi connectivity index (χ1n) is 5.87. The van der Waals surface area contributed by atoms with Gasteiger partial charge in [0.1, 0.15) is 5.82 Å². The van der Waals surface area contributed by atoms with Crippen LogP contribution in [0.2, 0.25) is 0 Å². The average Bonchev–Trinajstić information content (AvgIpc) is 2.31. The molecule has 0 unspecified atom stereocenters. The van der Waals surface area contributed by atoms with Gasteiger partial charge in [0.15, 0.2) is 0 Å². The number of benzene rings is 1. The zero-order chi connectivity index (χ0) is 12.8. The molecule has 0 fully saturated rings. The minimum absolute atomic E-state index is 0.257. The van der Waals surface area contributed by atoms with Crippen molar-refractivity contribution in [2.24, 2.45) is 5.73 Å². The lowest BCUT2D eigenvalue weighted by Crippen LogP contribution is -2.35. The zero-order valence-electron chi connectivity index (χ0n) is 10.3. The Balaban J connectivity index is 2.64. The quantitative estimate of drug-likeness (QED) is 0.828. The smallest absolute Gasteiger partial charge is 0.241 e. The largest absolute Gasteiger partial charge is 0.324 e. The van der Waals surface area contributed by atoms with E-state index in [0.29, 0.717) is 17.7 Å². The van der Waals surface area contributed by atoms with Crippen molar-refractivity contribution in [1.29, 1.82) is 0 Å². The van der Waals surface area contributed by atoms with Gasteiger partial charge in [-0.15, -0.1) is 0 Å². The fourth-order valence-corrected chi connectivity index (χ4v) is 1.52. The van der Waals surface area contributed by atoms with E-state index in [-0.39, 0.29) is 11.7 Å². The number of carbonyl (C=O) groups is 1. The monoisotopic (exact) mass is 238 g/mol. The van der Waals surface area contributed by atoms with Crippen LogP contribution < -0.4 is 11.1 Å². The second-order valence-electron chi connectivity index (χ2n) is 4.15. The topological polar surface area (TPSA) is 55.1 Å². The molecule has 0 aliphatic heterocycles. The molecule has 1 rings (SSSR count). The zero-order valence-corrected chi connectivity index (χ0v) is 10.3. The van der Waals surface area contributed by atoms with Crippen molar-refractivity contribution >= 4 is 11.6 Å². The summed E-state index contributed by atoms with van der Waals surface area (Å²) in [7, 11) is 0. The molecule has 17 heavy (non-hydrogen) atoms. The summed E-state index contributed by atoms with van der Waals surface area (Å²) < 4.78 is 13.3. The predicted octanol–water partition coefficient (Wildman–Crippen LogP) is 2.59. The van der Waals surface area contributed by atoms with Gasteiger partial charge in [-0.2, -0.15) is 0 Å². The fourth-order valence-electron chi connectivity index (χ4n) is 1.52. The molecule has 1 aromatic rings. The van der Waals surface area contributed by atoms with Gasteiger partial charge in [-0.1, -0.05) is 25.8 Å². The van der Waals surface area contributed by atoms with Crippen molar-refractivity contribution in [3.8, 4) is 0 Å². The van der Waals surface area contributed by atoms with Crippen molar-refractivity contribution in [1.82, 2.24) is 0 Å². The van der Waals surface area contributed by atoms with Crippen molar-refractivity contribution in [3.63, 3.8) is 0 Å². The number of halogens is 1. The molecule has 0 heterocycles. The second kappa shape index (κ2) is 6.35. The Kier molecular flexibility index (Phi) is 5.10. The maximum absolute atomic E-state index is 13.3. The van der Waals surface area contributed by atoms with Gasteiger partial charge in [0, 0.05) is 11.3 Å². The summed E-state index contributed by atoms with van der Waals surface area (Å²) in [5.41, 5.74) is 6.66. The molecule has 0 aromatic heterocycles. The van der Waals surface area contributed by atoms with Crippen LogP contribution in [0, 0.1) is 12.7 Å². The molecular weight excluding hydrogens is 219 g/mol. The van der Waals surface area contributed by atoms with Gasteiger partial charge in [-0.3, -0.25) is 4.79 Å².